The Morgan fingerprint density at radius 2 is 2.21 bits per heavy atom. The van der Waals surface area contributed by atoms with E-state index < -0.39 is 0 Å². The van der Waals surface area contributed by atoms with Gasteiger partial charge in [0.05, 0.1) is 0 Å². The number of hydrogen-bond donors (Lipinski definition) is 1. The van der Waals surface area contributed by atoms with E-state index in [0.717, 1.165) is 29.8 Å². The molecule has 1 aliphatic heterocycles. The molecular weight excluding hydrogens is 194 g/mol. The van der Waals surface area contributed by atoms with E-state index in [1.165, 1.54) is 11.3 Å². The van der Waals surface area contributed by atoms with Crippen LogP contribution in [0.15, 0.2) is 18.2 Å². The first-order valence-electron chi connectivity index (χ1n) is 5.19. The lowest BCUT2D eigenvalue weighted by molar-refractivity contribution is 0.394. The molecule has 2 rings (SSSR count). The highest BCUT2D eigenvalue weighted by molar-refractivity contribution is 6.30. The number of hydrogen-bond acceptors (Lipinski definition) is 1. The number of fused-ring (bicyclic) bond motifs is 1. The first kappa shape index (κ1) is 9.85. The molecule has 0 aliphatic carbocycles. The third-order valence-corrected chi connectivity index (χ3v) is 3.28. The molecule has 1 unspecified atom stereocenters. The van der Waals surface area contributed by atoms with Crippen LogP contribution in [0.4, 0.5) is 5.69 Å². The lowest BCUT2D eigenvalue weighted by Crippen LogP contribution is -2.26. The lowest BCUT2D eigenvalue weighted by atomic mass is 9.86. The fourth-order valence-electron chi connectivity index (χ4n) is 1.97. The maximum atomic E-state index is 5.98. The summed E-state index contributed by atoms with van der Waals surface area (Å²) in [6.45, 7) is 5.65. The molecule has 0 saturated heterocycles. The number of benzene rings is 1. The molecule has 2 heteroatoms. The second-order valence-electron chi connectivity index (χ2n) is 4.39. The van der Waals surface area contributed by atoms with Crippen LogP contribution in [-0.4, -0.2) is 6.54 Å². The van der Waals surface area contributed by atoms with E-state index in [0.29, 0.717) is 0 Å². The zero-order valence-electron chi connectivity index (χ0n) is 8.68. The van der Waals surface area contributed by atoms with Gasteiger partial charge in [0, 0.05) is 17.3 Å². The molecule has 1 aliphatic rings. The van der Waals surface area contributed by atoms with Gasteiger partial charge in [-0.2, -0.15) is 0 Å². The van der Waals surface area contributed by atoms with E-state index in [9.17, 15) is 0 Å². The Labute approximate surface area is 90.5 Å². The minimum Gasteiger partial charge on any atom is -0.385 e. The Kier molecular flexibility index (Phi) is 2.69. The summed E-state index contributed by atoms with van der Waals surface area (Å²) in [5.41, 5.74) is 2.62. The quantitative estimate of drug-likeness (QED) is 0.746. The largest absolute Gasteiger partial charge is 0.385 e. The van der Waals surface area contributed by atoms with Gasteiger partial charge < -0.3 is 5.32 Å². The SMILES string of the molecule is CC(C)C1CNc2ccc(Cl)cc2C1. The van der Waals surface area contributed by atoms with Crippen molar-refractivity contribution < 1.29 is 0 Å². The molecule has 14 heavy (non-hydrogen) atoms. The third-order valence-electron chi connectivity index (χ3n) is 3.05. The lowest BCUT2D eigenvalue weighted by Gasteiger charge is -2.28. The maximum Gasteiger partial charge on any atom is 0.0410 e. The zero-order valence-corrected chi connectivity index (χ0v) is 9.43. The van der Waals surface area contributed by atoms with Crippen molar-refractivity contribution in [2.75, 3.05) is 11.9 Å². The van der Waals surface area contributed by atoms with Crippen LogP contribution < -0.4 is 5.32 Å². The standard InChI is InChI=1S/C12H16ClN/c1-8(2)10-5-9-6-11(13)3-4-12(9)14-7-10/h3-4,6,8,10,14H,5,7H2,1-2H3. The number of anilines is 1. The Bertz CT molecular complexity index is 333. The van der Waals surface area contributed by atoms with Crippen LogP contribution in [-0.2, 0) is 6.42 Å². The molecule has 1 N–H and O–H groups in total. The molecule has 0 spiro atoms. The highest BCUT2D eigenvalue weighted by Gasteiger charge is 2.20. The second kappa shape index (κ2) is 3.82. The van der Waals surface area contributed by atoms with E-state index in [-0.39, 0.29) is 0 Å². The predicted octanol–water partition coefficient (Wildman–Crippen LogP) is 3.58. The minimum atomic E-state index is 0.731. The number of halogens is 1. The van der Waals surface area contributed by atoms with Crippen LogP contribution in [0.25, 0.3) is 0 Å². The van der Waals surface area contributed by atoms with Gasteiger partial charge in [0.25, 0.3) is 0 Å². The van der Waals surface area contributed by atoms with Crippen molar-refractivity contribution in [2.45, 2.75) is 20.3 Å². The monoisotopic (exact) mass is 209 g/mol. The summed E-state index contributed by atoms with van der Waals surface area (Å²) in [7, 11) is 0. The fourth-order valence-corrected chi connectivity index (χ4v) is 2.17. The first-order valence-corrected chi connectivity index (χ1v) is 5.57. The zero-order chi connectivity index (χ0) is 10.1. The van der Waals surface area contributed by atoms with Crippen LogP contribution in [0.3, 0.4) is 0 Å². The van der Waals surface area contributed by atoms with Gasteiger partial charge in [-0.15, -0.1) is 0 Å². The van der Waals surface area contributed by atoms with Crippen molar-refractivity contribution in [1.29, 1.82) is 0 Å². The molecule has 76 valence electrons. The molecule has 0 fully saturated rings. The average Bonchev–Trinajstić information content (AvgIpc) is 2.16. The maximum absolute atomic E-state index is 5.98. The van der Waals surface area contributed by atoms with Gasteiger partial charge in [0.15, 0.2) is 0 Å². The number of nitrogens with one attached hydrogen (secondary N) is 1. The summed E-state index contributed by atoms with van der Waals surface area (Å²) in [6.07, 6.45) is 1.15. The van der Waals surface area contributed by atoms with Gasteiger partial charge in [-0.1, -0.05) is 25.4 Å². The molecule has 0 saturated carbocycles. The van der Waals surface area contributed by atoms with Gasteiger partial charge >= 0.3 is 0 Å². The Morgan fingerprint density at radius 1 is 1.43 bits per heavy atom. The molecule has 1 aromatic rings. The third kappa shape index (κ3) is 1.88. The summed E-state index contributed by atoms with van der Waals surface area (Å²) in [5.74, 6) is 1.47. The Hall–Kier alpha value is -0.690. The van der Waals surface area contributed by atoms with Crippen LogP contribution in [0.5, 0.6) is 0 Å². The summed E-state index contributed by atoms with van der Waals surface area (Å²) < 4.78 is 0. The van der Waals surface area contributed by atoms with E-state index in [1.807, 2.05) is 6.07 Å². The van der Waals surface area contributed by atoms with Gasteiger partial charge in [-0.05, 0) is 42.0 Å². The predicted molar refractivity (Wildman–Crippen MR) is 62.0 cm³/mol. The van der Waals surface area contributed by atoms with Crippen molar-refractivity contribution in [1.82, 2.24) is 0 Å². The van der Waals surface area contributed by atoms with Gasteiger partial charge in [-0.25, -0.2) is 0 Å². The molecule has 1 heterocycles. The normalized spacial score (nSPS) is 20.4. The highest BCUT2D eigenvalue weighted by atomic mass is 35.5. The Balaban J connectivity index is 2.24. The molecule has 1 aromatic carbocycles. The van der Waals surface area contributed by atoms with Gasteiger partial charge in [0.2, 0.25) is 0 Å². The summed E-state index contributed by atoms with van der Waals surface area (Å²) in [4.78, 5) is 0. The van der Waals surface area contributed by atoms with Gasteiger partial charge in [-0.3, -0.25) is 0 Å². The van der Waals surface area contributed by atoms with Crippen LogP contribution in [0.2, 0.25) is 5.02 Å². The van der Waals surface area contributed by atoms with Crippen LogP contribution >= 0.6 is 11.6 Å². The summed E-state index contributed by atoms with van der Waals surface area (Å²) in [6, 6.07) is 6.11. The van der Waals surface area contributed by atoms with Crippen molar-refractivity contribution in [3.05, 3.63) is 28.8 Å². The molecule has 1 atom stereocenters. The molecule has 0 aromatic heterocycles. The number of rotatable bonds is 1. The van der Waals surface area contributed by atoms with Crippen molar-refractivity contribution in [3.8, 4) is 0 Å². The van der Waals surface area contributed by atoms with Crippen molar-refractivity contribution >= 4 is 17.3 Å². The van der Waals surface area contributed by atoms with Crippen molar-refractivity contribution in [3.63, 3.8) is 0 Å². The molecular formula is C12H16ClN. The van der Waals surface area contributed by atoms with E-state index in [4.69, 9.17) is 11.6 Å². The van der Waals surface area contributed by atoms with E-state index in [2.05, 4.69) is 31.3 Å². The van der Waals surface area contributed by atoms with Crippen LogP contribution in [0.1, 0.15) is 19.4 Å². The summed E-state index contributed by atoms with van der Waals surface area (Å²) >= 11 is 5.98. The van der Waals surface area contributed by atoms with Gasteiger partial charge in [0.1, 0.15) is 0 Å². The molecule has 1 nitrogen and oxygen atoms in total. The highest BCUT2D eigenvalue weighted by Crippen LogP contribution is 2.30. The average molecular weight is 210 g/mol. The molecule has 0 bridgehead atoms. The summed E-state index contributed by atoms with van der Waals surface area (Å²) in [5, 5.41) is 4.31. The topological polar surface area (TPSA) is 12.0 Å². The fraction of sp³-hybridized carbons (Fsp3) is 0.500. The molecule has 0 amide bonds. The first-order chi connectivity index (χ1) is 6.66. The minimum absolute atomic E-state index is 0.731. The van der Waals surface area contributed by atoms with Crippen molar-refractivity contribution in [2.24, 2.45) is 11.8 Å². The Morgan fingerprint density at radius 3 is 2.93 bits per heavy atom. The molecule has 0 radical (unpaired) electrons. The second-order valence-corrected chi connectivity index (χ2v) is 4.83. The van der Waals surface area contributed by atoms with E-state index >= 15 is 0 Å². The van der Waals surface area contributed by atoms with Crippen LogP contribution in [0, 0.1) is 11.8 Å². The van der Waals surface area contributed by atoms with E-state index in [1.54, 1.807) is 0 Å². The smallest absolute Gasteiger partial charge is 0.0410 e.